The van der Waals surface area contributed by atoms with Crippen molar-refractivity contribution in [1.29, 1.82) is 0 Å². The van der Waals surface area contributed by atoms with Crippen LogP contribution in [0.4, 0.5) is 10.2 Å². The molecule has 0 aliphatic carbocycles. The van der Waals surface area contributed by atoms with Crippen molar-refractivity contribution >= 4 is 44.9 Å². The lowest BCUT2D eigenvalue weighted by Crippen LogP contribution is -2.08. The van der Waals surface area contributed by atoms with Gasteiger partial charge in [-0.1, -0.05) is 23.2 Å². The third kappa shape index (κ3) is 3.16. The molecule has 1 heterocycles. The zero-order valence-electron chi connectivity index (χ0n) is 11.3. The molecule has 0 amide bonds. The standard InChI is InChI=1S/C13H10BrCl2FN2O/c1-6(11-8(15)2-3-9(17)12(11)16)20-10-4-7(14)5-19-13(10)18/h2-6H,1H3,(H2,18,19)/t6-/m1/s1/i6D. The Hall–Kier alpha value is -1.04. The summed E-state index contributed by atoms with van der Waals surface area (Å²) in [7, 11) is 0. The molecule has 1 aromatic heterocycles. The quantitative estimate of drug-likeness (QED) is 0.761. The number of aromatic nitrogens is 1. The van der Waals surface area contributed by atoms with Gasteiger partial charge in [-0.15, -0.1) is 0 Å². The summed E-state index contributed by atoms with van der Waals surface area (Å²) in [5.74, 6) is -0.419. The monoisotopic (exact) mass is 379 g/mol. The molecule has 0 aliphatic rings. The van der Waals surface area contributed by atoms with Gasteiger partial charge >= 0.3 is 0 Å². The minimum atomic E-state index is -1.74. The molecule has 0 bridgehead atoms. The average molecular weight is 381 g/mol. The Balaban J connectivity index is 2.48. The predicted molar refractivity (Wildman–Crippen MR) is 81.8 cm³/mol. The van der Waals surface area contributed by atoms with Crippen LogP contribution < -0.4 is 10.5 Å². The normalized spacial score (nSPS) is 14.6. The molecule has 0 saturated heterocycles. The first-order chi connectivity index (χ1) is 9.72. The molecule has 106 valence electrons. The van der Waals surface area contributed by atoms with Crippen LogP contribution in [0.15, 0.2) is 28.9 Å². The van der Waals surface area contributed by atoms with E-state index < -0.39 is 11.9 Å². The summed E-state index contributed by atoms with van der Waals surface area (Å²) >= 11 is 15.2. The van der Waals surface area contributed by atoms with Crippen molar-refractivity contribution in [2.75, 3.05) is 5.73 Å². The van der Waals surface area contributed by atoms with Crippen LogP contribution in [0.2, 0.25) is 10.0 Å². The minimum absolute atomic E-state index is 0.0187. The van der Waals surface area contributed by atoms with E-state index in [9.17, 15) is 4.39 Å². The van der Waals surface area contributed by atoms with E-state index >= 15 is 0 Å². The smallest absolute Gasteiger partial charge is 0.166 e. The second kappa shape index (κ2) is 6.16. The van der Waals surface area contributed by atoms with Gasteiger partial charge in [-0.3, -0.25) is 0 Å². The molecule has 0 fully saturated rings. The van der Waals surface area contributed by atoms with Crippen molar-refractivity contribution in [3.63, 3.8) is 0 Å². The number of nitrogen functional groups attached to an aromatic ring is 1. The van der Waals surface area contributed by atoms with E-state index in [-0.39, 0.29) is 27.2 Å². The largest absolute Gasteiger partial charge is 0.482 e. The zero-order chi connectivity index (χ0) is 15.8. The number of hydrogen-bond acceptors (Lipinski definition) is 3. The Morgan fingerprint density at radius 1 is 1.50 bits per heavy atom. The SMILES string of the molecule is [2H][C@](C)(Oc1cc(Br)cnc1N)c1c(Cl)ccc(F)c1Cl. The van der Waals surface area contributed by atoms with E-state index in [1.165, 1.54) is 19.2 Å². The Bertz CT molecular complexity index is 700. The van der Waals surface area contributed by atoms with Gasteiger partial charge in [-0.05, 0) is 41.1 Å². The Morgan fingerprint density at radius 2 is 2.20 bits per heavy atom. The molecule has 0 saturated carbocycles. The number of nitrogens with two attached hydrogens (primary N) is 1. The molecule has 1 atom stereocenters. The van der Waals surface area contributed by atoms with Crippen molar-refractivity contribution in [2.45, 2.75) is 13.0 Å². The summed E-state index contributed by atoms with van der Waals surface area (Å²) in [5.41, 5.74) is 5.72. The third-order valence-electron chi connectivity index (χ3n) is 2.51. The molecule has 2 N–H and O–H groups in total. The molecular weight excluding hydrogens is 370 g/mol. The van der Waals surface area contributed by atoms with Crippen LogP contribution in [0, 0.1) is 5.82 Å². The van der Waals surface area contributed by atoms with Gasteiger partial charge in [0, 0.05) is 21.3 Å². The average Bonchev–Trinajstić information content (AvgIpc) is 2.38. The van der Waals surface area contributed by atoms with Gasteiger partial charge < -0.3 is 10.5 Å². The summed E-state index contributed by atoms with van der Waals surface area (Å²) in [5, 5.41) is -0.137. The van der Waals surface area contributed by atoms with Crippen molar-refractivity contribution in [2.24, 2.45) is 0 Å². The minimum Gasteiger partial charge on any atom is -0.482 e. The number of rotatable bonds is 3. The van der Waals surface area contributed by atoms with E-state index in [1.54, 1.807) is 6.07 Å². The molecule has 0 spiro atoms. The number of ether oxygens (including phenoxy) is 1. The lowest BCUT2D eigenvalue weighted by atomic mass is 10.1. The number of nitrogens with zero attached hydrogens (tertiary/aromatic N) is 1. The summed E-state index contributed by atoms with van der Waals surface area (Å²) in [6, 6.07) is 3.99. The fourth-order valence-electron chi connectivity index (χ4n) is 1.58. The van der Waals surface area contributed by atoms with Crippen LogP contribution in [0.1, 0.15) is 19.9 Å². The second-order valence-corrected chi connectivity index (χ2v) is 5.61. The number of halogens is 4. The van der Waals surface area contributed by atoms with Gasteiger partial charge in [0.1, 0.15) is 11.9 Å². The first-order valence-corrected chi connectivity index (χ1v) is 7.01. The van der Waals surface area contributed by atoms with Crippen molar-refractivity contribution in [1.82, 2.24) is 4.98 Å². The van der Waals surface area contributed by atoms with E-state index in [0.29, 0.717) is 4.47 Å². The van der Waals surface area contributed by atoms with E-state index in [1.807, 2.05) is 0 Å². The van der Waals surface area contributed by atoms with Crippen molar-refractivity contribution in [3.8, 4) is 5.75 Å². The van der Waals surface area contributed by atoms with Crippen LogP contribution in [-0.4, -0.2) is 4.98 Å². The maximum atomic E-state index is 13.6. The number of benzene rings is 1. The Labute approximate surface area is 135 Å². The van der Waals surface area contributed by atoms with E-state index in [4.69, 9.17) is 35.0 Å². The molecular formula is C13H10BrCl2FN2O. The summed E-state index contributed by atoms with van der Waals surface area (Å²) in [6.45, 7) is 1.39. The Kier molecular flexibility index (Phi) is 4.29. The van der Waals surface area contributed by atoms with Gasteiger partial charge in [-0.25, -0.2) is 9.37 Å². The highest BCUT2D eigenvalue weighted by Gasteiger charge is 2.19. The van der Waals surface area contributed by atoms with Crippen LogP contribution in [0.25, 0.3) is 0 Å². The highest BCUT2D eigenvalue weighted by molar-refractivity contribution is 9.10. The van der Waals surface area contributed by atoms with Gasteiger partial charge in [0.25, 0.3) is 0 Å². The lowest BCUT2D eigenvalue weighted by Gasteiger charge is -2.18. The van der Waals surface area contributed by atoms with Crippen molar-refractivity contribution in [3.05, 3.63) is 50.3 Å². The van der Waals surface area contributed by atoms with Crippen LogP contribution in [0.5, 0.6) is 5.75 Å². The van der Waals surface area contributed by atoms with Gasteiger partial charge in [0.05, 0.1) is 6.39 Å². The van der Waals surface area contributed by atoms with Crippen LogP contribution in [-0.2, 0) is 0 Å². The maximum Gasteiger partial charge on any atom is 0.166 e. The molecule has 0 radical (unpaired) electrons. The molecule has 0 aliphatic heterocycles. The molecule has 2 rings (SSSR count). The molecule has 3 nitrogen and oxygen atoms in total. The fourth-order valence-corrected chi connectivity index (χ4v) is 2.53. The van der Waals surface area contributed by atoms with Gasteiger partial charge in [0.2, 0.25) is 0 Å². The summed E-state index contributed by atoms with van der Waals surface area (Å²) < 4.78 is 28.0. The van der Waals surface area contributed by atoms with E-state index in [0.717, 1.165) is 6.07 Å². The van der Waals surface area contributed by atoms with E-state index in [2.05, 4.69) is 20.9 Å². The number of hydrogen-bond donors (Lipinski definition) is 1. The second-order valence-electron chi connectivity index (χ2n) is 3.91. The summed E-state index contributed by atoms with van der Waals surface area (Å²) in [6.07, 6.45) is -0.252. The fraction of sp³-hybridized carbons (Fsp3) is 0.154. The highest BCUT2D eigenvalue weighted by Crippen LogP contribution is 2.36. The predicted octanol–water partition coefficient (Wildman–Crippen LogP) is 5.01. The van der Waals surface area contributed by atoms with Gasteiger partial charge in [0.15, 0.2) is 11.6 Å². The lowest BCUT2D eigenvalue weighted by molar-refractivity contribution is 0.227. The molecule has 20 heavy (non-hydrogen) atoms. The summed E-state index contributed by atoms with van der Waals surface area (Å²) in [4.78, 5) is 3.90. The molecule has 2 aromatic rings. The first-order valence-electron chi connectivity index (χ1n) is 5.96. The van der Waals surface area contributed by atoms with Gasteiger partial charge in [-0.2, -0.15) is 0 Å². The third-order valence-corrected chi connectivity index (χ3v) is 3.63. The Morgan fingerprint density at radius 3 is 2.90 bits per heavy atom. The van der Waals surface area contributed by atoms with Crippen LogP contribution in [0.3, 0.4) is 0 Å². The molecule has 1 aromatic carbocycles. The van der Waals surface area contributed by atoms with Crippen LogP contribution >= 0.6 is 39.1 Å². The van der Waals surface area contributed by atoms with Crippen molar-refractivity contribution < 1.29 is 10.5 Å². The molecule has 0 unspecified atom stereocenters. The topological polar surface area (TPSA) is 48.1 Å². The first kappa shape index (κ1) is 13.9. The molecule has 7 heteroatoms. The maximum absolute atomic E-state index is 13.6. The zero-order valence-corrected chi connectivity index (χ0v) is 13.4. The number of anilines is 1. The number of pyridine rings is 1. The highest BCUT2D eigenvalue weighted by atomic mass is 79.9.